The molecule has 0 heterocycles. The van der Waals surface area contributed by atoms with Gasteiger partial charge in [0.15, 0.2) is 0 Å². The Morgan fingerprint density at radius 3 is 2.40 bits per heavy atom. The van der Waals surface area contributed by atoms with Gasteiger partial charge < -0.3 is 10.6 Å². The molecule has 0 aliphatic heterocycles. The van der Waals surface area contributed by atoms with Crippen molar-refractivity contribution in [3.63, 3.8) is 0 Å². The Kier molecular flexibility index (Phi) is 5.77. The Balaban J connectivity index is 1.85. The van der Waals surface area contributed by atoms with Crippen LogP contribution in [0.3, 0.4) is 0 Å². The Bertz CT molecular complexity index is 537. The molecule has 2 aromatic rings. The van der Waals surface area contributed by atoms with Gasteiger partial charge in [-0.2, -0.15) is 0 Å². The van der Waals surface area contributed by atoms with Crippen LogP contribution in [-0.4, -0.2) is 18.5 Å². The van der Waals surface area contributed by atoms with E-state index in [0.29, 0.717) is 6.54 Å². The number of nitrogens with zero attached hydrogens (tertiary/aromatic N) is 1. The first-order valence-electron chi connectivity index (χ1n) is 6.88. The van der Waals surface area contributed by atoms with Crippen molar-refractivity contribution in [2.24, 2.45) is 5.73 Å². The normalized spacial score (nSPS) is 11.0. The van der Waals surface area contributed by atoms with Crippen molar-refractivity contribution in [2.45, 2.75) is 19.5 Å². The van der Waals surface area contributed by atoms with E-state index >= 15 is 0 Å². The summed E-state index contributed by atoms with van der Waals surface area (Å²) in [4.78, 5) is 2.34. The van der Waals surface area contributed by atoms with Gasteiger partial charge in [0.1, 0.15) is 0 Å². The second kappa shape index (κ2) is 7.58. The topological polar surface area (TPSA) is 29.3 Å². The summed E-state index contributed by atoms with van der Waals surface area (Å²) in [7, 11) is 2.16. The first kappa shape index (κ1) is 15.2. The molecule has 2 rings (SSSR count). The van der Waals surface area contributed by atoms with Crippen LogP contribution in [-0.2, 0) is 19.5 Å². The van der Waals surface area contributed by atoms with Crippen molar-refractivity contribution in [1.29, 1.82) is 0 Å². The van der Waals surface area contributed by atoms with E-state index in [1.807, 2.05) is 0 Å². The van der Waals surface area contributed by atoms with Crippen LogP contribution in [0.4, 0.5) is 0 Å². The summed E-state index contributed by atoms with van der Waals surface area (Å²) in [6, 6.07) is 17.1. The molecule has 0 saturated carbocycles. The highest BCUT2D eigenvalue weighted by Crippen LogP contribution is 2.12. The van der Waals surface area contributed by atoms with Gasteiger partial charge in [-0.05, 0) is 42.3 Å². The minimum atomic E-state index is 0.608. The highest BCUT2D eigenvalue weighted by molar-refractivity contribution is 9.10. The summed E-state index contributed by atoms with van der Waals surface area (Å²) in [5.41, 5.74) is 9.57. The van der Waals surface area contributed by atoms with Crippen LogP contribution in [0, 0.1) is 0 Å². The molecule has 0 aromatic heterocycles. The Hall–Kier alpha value is -1.16. The van der Waals surface area contributed by atoms with E-state index in [0.717, 1.165) is 24.0 Å². The second-order valence-electron chi connectivity index (χ2n) is 5.14. The molecule has 20 heavy (non-hydrogen) atoms. The molecule has 2 N–H and O–H groups in total. The third-order valence-corrected chi connectivity index (χ3v) is 3.90. The van der Waals surface area contributed by atoms with Crippen molar-refractivity contribution in [3.05, 3.63) is 69.7 Å². The van der Waals surface area contributed by atoms with Gasteiger partial charge in [-0.1, -0.05) is 52.3 Å². The van der Waals surface area contributed by atoms with Gasteiger partial charge in [0.05, 0.1) is 0 Å². The van der Waals surface area contributed by atoms with Crippen LogP contribution in [0.15, 0.2) is 53.0 Å². The predicted octanol–water partition coefficient (Wildman–Crippen LogP) is 3.58. The van der Waals surface area contributed by atoms with Crippen molar-refractivity contribution in [2.75, 3.05) is 13.6 Å². The minimum Gasteiger partial charge on any atom is -0.326 e. The lowest BCUT2D eigenvalue weighted by Gasteiger charge is -2.17. The Morgan fingerprint density at radius 2 is 1.70 bits per heavy atom. The van der Waals surface area contributed by atoms with Crippen molar-refractivity contribution in [1.82, 2.24) is 4.90 Å². The molecule has 2 aromatic carbocycles. The third kappa shape index (κ3) is 4.75. The average Bonchev–Trinajstić information content (AvgIpc) is 2.47. The van der Waals surface area contributed by atoms with Crippen LogP contribution in [0.2, 0.25) is 0 Å². The summed E-state index contributed by atoms with van der Waals surface area (Å²) >= 11 is 3.46. The summed E-state index contributed by atoms with van der Waals surface area (Å²) in [5, 5.41) is 0. The zero-order valence-corrected chi connectivity index (χ0v) is 13.4. The van der Waals surface area contributed by atoms with Gasteiger partial charge in [-0.25, -0.2) is 0 Å². The Morgan fingerprint density at radius 1 is 1.00 bits per heavy atom. The molecule has 3 heteroatoms. The van der Waals surface area contributed by atoms with E-state index in [1.165, 1.54) is 16.7 Å². The van der Waals surface area contributed by atoms with Crippen molar-refractivity contribution < 1.29 is 0 Å². The molecule has 2 nitrogen and oxygen atoms in total. The maximum absolute atomic E-state index is 5.68. The Labute approximate surface area is 129 Å². The SMILES string of the molecule is CN(CCc1ccc(Br)cc1)Cc1cccc(CN)c1. The largest absolute Gasteiger partial charge is 0.326 e. The molecule has 0 unspecified atom stereocenters. The van der Waals surface area contributed by atoms with E-state index in [1.54, 1.807) is 0 Å². The molecule has 0 bridgehead atoms. The fraction of sp³-hybridized carbons (Fsp3) is 0.294. The zero-order chi connectivity index (χ0) is 14.4. The number of rotatable bonds is 6. The van der Waals surface area contributed by atoms with E-state index < -0.39 is 0 Å². The van der Waals surface area contributed by atoms with Gasteiger partial charge in [0.2, 0.25) is 0 Å². The molecule has 106 valence electrons. The van der Waals surface area contributed by atoms with Crippen LogP contribution in [0.5, 0.6) is 0 Å². The lowest BCUT2D eigenvalue weighted by atomic mass is 10.1. The van der Waals surface area contributed by atoms with Crippen LogP contribution >= 0.6 is 15.9 Å². The van der Waals surface area contributed by atoms with Crippen LogP contribution in [0.1, 0.15) is 16.7 Å². The maximum atomic E-state index is 5.68. The summed E-state index contributed by atoms with van der Waals surface area (Å²) < 4.78 is 1.13. The summed E-state index contributed by atoms with van der Waals surface area (Å²) in [6.07, 6.45) is 1.07. The van der Waals surface area contributed by atoms with E-state index in [9.17, 15) is 0 Å². The predicted molar refractivity (Wildman–Crippen MR) is 88.5 cm³/mol. The number of likely N-dealkylation sites (N-methyl/N-ethyl adjacent to an activating group) is 1. The number of benzene rings is 2. The maximum Gasteiger partial charge on any atom is 0.0230 e. The molecule has 0 radical (unpaired) electrons. The molecule has 0 aliphatic rings. The highest BCUT2D eigenvalue weighted by Gasteiger charge is 2.02. The zero-order valence-electron chi connectivity index (χ0n) is 11.8. The third-order valence-electron chi connectivity index (χ3n) is 3.38. The lowest BCUT2D eigenvalue weighted by Crippen LogP contribution is -2.20. The van der Waals surface area contributed by atoms with Gasteiger partial charge >= 0.3 is 0 Å². The van der Waals surface area contributed by atoms with E-state index in [-0.39, 0.29) is 0 Å². The fourth-order valence-corrected chi connectivity index (χ4v) is 2.48. The van der Waals surface area contributed by atoms with E-state index in [4.69, 9.17) is 5.73 Å². The van der Waals surface area contributed by atoms with E-state index in [2.05, 4.69) is 76.4 Å². The van der Waals surface area contributed by atoms with Gasteiger partial charge in [-0.3, -0.25) is 0 Å². The smallest absolute Gasteiger partial charge is 0.0230 e. The minimum absolute atomic E-state index is 0.608. The van der Waals surface area contributed by atoms with Gasteiger partial charge in [0.25, 0.3) is 0 Å². The molecular weight excluding hydrogens is 312 g/mol. The molecule has 0 amide bonds. The average molecular weight is 333 g/mol. The van der Waals surface area contributed by atoms with Gasteiger partial charge in [0, 0.05) is 24.1 Å². The van der Waals surface area contributed by atoms with Crippen molar-refractivity contribution >= 4 is 15.9 Å². The fourth-order valence-electron chi connectivity index (χ4n) is 2.22. The molecule has 0 atom stereocenters. The standard InChI is InChI=1S/C17H21BrN2/c1-20(10-9-14-5-7-17(18)8-6-14)13-16-4-2-3-15(11-16)12-19/h2-8,11H,9-10,12-13,19H2,1H3. The van der Waals surface area contributed by atoms with Crippen LogP contribution in [0.25, 0.3) is 0 Å². The highest BCUT2D eigenvalue weighted by atomic mass is 79.9. The lowest BCUT2D eigenvalue weighted by molar-refractivity contribution is 0.331. The number of hydrogen-bond donors (Lipinski definition) is 1. The summed E-state index contributed by atoms with van der Waals surface area (Å²) in [6.45, 7) is 2.62. The molecule has 0 spiro atoms. The number of hydrogen-bond acceptors (Lipinski definition) is 2. The first-order valence-corrected chi connectivity index (χ1v) is 7.67. The summed E-state index contributed by atoms with van der Waals surface area (Å²) in [5.74, 6) is 0. The molecule has 0 saturated heterocycles. The monoisotopic (exact) mass is 332 g/mol. The first-order chi connectivity index (χ1) is 9.67. The molecular formula is C17H21BrN2. The number of halogens is 1. The molecule has 0 fully saturated rings. The van der Waals surface area contributed by atoms with Crippen molar-refractivity contribution in [3.8, 4) is 0 Å². The molecule has 0 aliphatic carbocycles. The number of nitrogens with two attached hydrogens (primary N) is 1. The quantitative estimate of drug-likeness (QED) is 0.875. The second-order valence-corrected chi connectivity index (χ2v) is 6.05. The van der Waals surface area contributed by atoms with Crippen LogP contribution < -0.4 is 5.73 Å². The van der Waals surface area contributed by atoms with Gasteiger partial charge in [-0.15, -0.1) is 0 Å².